The van der Waals surface area contributed by atoms with E-state index in [2.05, 4.69) is 0 Å². The van der Waals surface area contributed by atoms with Crippen LogP contribution in [0.4, 0.5) is 10.1 Å². The fourth-order valence-electron chi connectivity index (χ4n) is 1.97. The number of phenolic OH excluding ortho intramolecular Hbond substituents is 1. The van der Waals surface area contributed by atoms with E-state index >= 15 is 0 Å². The Morgan fingerprint density at radius 2 is 1.89 bits per heavy atom. The molecule has 0 bridgehead atoms. The number of nitrogens with zero attached hydrogens (tertiary/aromatic N) is 1. The summed E-state index contributed by atoms with van der Waals surface area (Å²) >= 11 is 0. The second kappa shape index (κ2) is 5.61. The zero-order valence-corrected chi connectivity index (χ0v) is 10.9. The van der Waals surface area contributed by atoms with Crippen molar-refractivity contribution in [1.29, 1.82) is 0 Å². The van der Waals surface area contributed by atoms with Crippen LogP contribution < -0.4 is 9.64 Å². The van der Waals surface area contributed by atoms with Crippen LogP contribution in [0.5, 0.6) is 11.5 Å². The number of anilines is 1. The van der Waals surface area contributed by atoms with E-state index in [0.717, 1.165) is 11.4 Å². The Bertz CT molecular complexity index is 572. The molecule has 2 aromatic carbocycles. The van der Waals surface area contributed by atoms with Crippen LogP contribution in [0.25, 0.3) is 0 Å². The minimum Gasteiger partial charge on any atom is -0.505 e. The first-order valence-corrected chi connectivity index (χ1v) is 5.94. The highest BCUT2D eigenvalue weighted by Gasteiger charge is 2.12. The predicted octanol–water partition coefficient (Wildman–Crippen LogP) is 3.18. The summed E-state index contributed by atoms with van der Waals surface area (Å²) in [6.45, 7) is 0.393. The standard InChI is InChI=1S/C15H16FNO2/c1-17(13-8-3-4-9-14(13)19-2)10-11-6-5-7-12(16)15(11)18/h3-9,18H,10H2,1-2H3. The molecule has 0 aliphatic rings. The molecule has 4 heteroatoms. The summed E-state index contributed by atoms with van der Waals surface area (Å²) in [7, 11) is 3.47. The largest absolute Gasteiger partial charge is 0.505 e. The van der Waals surface area contributed by atoms with Gasteiger partial charge in [-0.2, -0.15) is 0 Å². The average molecular weight is 261 g/mol. The third-order valence-corrected chi connectivity index (χ3v) is 2.97. The second-order valence-corrected chi connectivity index (χ2v) is 4.28. The molecule has 0 atom stereocenters. The molecule has 19 heavy (non-hydrogen) atoms. The van der Waals surface area contributed by atoms with Crippen LogP contribution in [0.3, 0.4) is 0 Å². The maximum absolute atomic E-state index is 13.3. The van der Waals surface area contributed by atoms with Gasteiger partial charge < -0.3 is 14.7 Å². The molecular formula is C15H16FNO2. The van der Waals surface area contributed by atoms with E-state index in [4.69, 9.17) is 4.74 Å². The monoisotopic (exact) mass is 261 g/mol. The molecular weight excluding hydrogens is 245 g/mol. The Morgan fingerprint density at radius 1 is 1.16 bits per heavy atom. The van der Waals surface area contributed by atoms with Crippen LogP contribution in [0.1, 0.15) is 5.56 Å². The summed E-state index contributed by atoms with van der Waals surface area (Å²) in [6.07, 6.45) is 0. The summed E-state index contributed by atoms with van der Waals surface area (Å²) in [5, 5.41) is 9.69. The number of ether oxygens (including phenoxy) is 1. The maximum atomic E-state index is 13.3. The molecule has 0 spiro atoms. The van der Waals surface area contributed by atoms with E-state index in [-0.39, 0.29) is 5.75 Å². The van der Waals surface area contributed by atoms with Crippen molar-refractivity contribution in [2.45, 2.75) is 6.54 Å². The van der Waals surface area contributed by atoms with Crippen LogP contribution in [-0.4, -0.2) is 19.3 Å². The summed E-state index contributed by atoms with van der Waals surface area (Å²) in [4.78, 5) is 1.90. The normalized spacial score (nSPS) is 10.3. The maximum Gasteiger partial charge on any atom is 0.165 e. The van der Waals surface area contributed by atoms with Crippen molar-refractivity contribution in [3.63, 3.8) is 0 Å². The third-order valence-electron chi connectivity index (χ3n) is 2.97. The van der Waals surface area contributed by atoms with Gasteiger partial charge in [-0.3, -0.25) is 0 Å². The minimum absolute atomic E-state index is 0.302. The lowest BCUT2D eigenvalue weighted by Crippen LogP contribution is -2.17. The van der Waals surface area contributed by atoms with Crippen LogP contribution in [0.15, 0.2) is 42.5 Å². The Balaban J connectivity index is 2.26. The van der Waals surface area contributed by atoms with Gasteiger partial charge in [0.15, 0.2) is 11.6 Å². The van der Waals surface area contributed by atoms with Crippen LogP contribution in [0.2, 0.25) is 0 Å². The van der Waals surface area contributed by atoms with E-state index in [0.29, 0.717) is 12.1 Å². The molecule has 0 saturated carbocycles. The van der Waals surface area contributed by atoms with Crippen molar-refractivity contribution >= 4 is 5.69 Å². The van der Waals surface area contributed by atoms with Crippen molar-refractivity contribution in [3.05, 3.63) is 53.8 Å². The van der Waals surface area contributed by atoms with Gasteiger partial charge in [-0.15, -0.1) is 0 Å². The van der Waals surface area contributed by atoms with Gasteiger partial charge in [0.25, 0.3) is 0 Å². The van der Waals surface area contributed by atoms with Crippen molar-refractivity contribution in [2.24, 2.45) is 0 Å². The Kier molecular flexibility index (Phi) is 3.90. The lowest BCUT2D eigenvalue weighted by molar-refractivity contribution is 0.413. The highest BCUT2D eigenvalue weighted by Crippen LogP contribution is 2.29. The number of rotatable bonds is 4. The van der Waals surface area contributed by atoms with Crippen molar-refractivity contribution in [1.82, 2.24) is 0 Å². The summed E-state index contributed by atoms with van der Waals surface area (Å²) in [5.41, 5.74) is 1.42. The third kappa shape index (κ3) is 2.78. The fourth-order valence-corrected chi connectivity index (χ4v) is 1.97. The zero-order chi connectivity index (χ0) is 13.8. The van der Waals surface area contributed by atoms with E-state index in [1.165, 1.54) is 6.07 Å². The molecule has 1 N–H and O–H groups in total. The van der Waals surface area contributed by atoms with E-state index in [1.807, 2.05) is 36.2 Å². The highest BCUT2D eigenvalue weighted by molar-refractivity contribution is 5.58. The van der Waals surface area contributed by atoms with Gasteiger partial charge in [0, 0.05) is 19.2 Å². The highest BCUT2D eigenvalue weighted by atomic mass is 19.1. The van der Waals surface area contributed by atoms with Gasteiger partial charge in [0.1, 0.15) is 5.75 Å². The molecule has 0 aromatic heterocycles. The van der Waals surface area contributed by atoms with Crippen molar-refractivity contribution in [3.8, 4) is 11.5 Å². The van der Waals surface area contributed by atoms with Gasteiger partial charge in [-0.1, -0.05) is 24.3 Å². The minimum atomic E-state index is -0.606. The van der Waals surface area contributed by atoms with Gasteiger partial charge in [-0.05, 0) is 18.2 Å². The molecule has 3 nitrogen and oxygen atoms in total. The number of aromatic hydroxyl groups is 1. The SMILES string of the molecule is COc1ccccc1N(C)Cc1cccc(F)c1O. The van der Waals surface area contributed by atoms with E-state index < -0.39 is 5.82 Å². The van der Waals surface area contributed by atoms with Crippen LogP contribution in [0, 0.1) is 5.82 Å². The average Bonchev–Trinajstić information content (AvgIpc) is 2.43. The fraction of sp³-hybridized carbons (Fsp3) is 0.200. The molecule has 0 amide bonds. The number of hydrogen-bond acceptors (Lipinski definition) is 3. The topological polar surface area (TPSA) is 32.7 Å². The quantitative estimate of drug-likeness (QED) is 0.917. The summed E-state index contributed by atoms with van der Waals surface area (Å²) < 4.78 is 18.6. The predicted molar refractivity (Wildman–Crippen MR) is 73.2 cm³/mol. The van der Waals surface area contributed by atoms with E-state index in [9.17, 15) is 9.50 Å². The molecule has 0 unspecified atom stereocenters. The lowest BCUT2D eigenvalue weighted by Gasteiger charge is -2.22. The number of halogens is 1. The first kappa shape index (κ1) is 13.2. The second-order valence-electron chi connectivity index (χ2n) is 4.28. The molecule has 0 saturated heterocycles. The molecule has 2 rings (SSSR count). The first-order chi connectivity index (χ1) is 9.13. The summed E-state index contributed by atoms with van der Waals surface area (Å²) in [6, 6.07) is 12.1. The smallest absolute Gasteiger partial charge is 0.165 e. The van der Waals surface area contributed by atoms with Crippen molar-refractivity contribution < 1.29 is 14.2 Å². The number of methoxy groups -OCH3 is 1. The molecule has 0 aliphatic carbocycles. The van der Waals surface area contributed by atoms with Gasteiger partial charge in [0.05, 0.1) is 12.8 Å². The van der Waals surface area contributed by atoms with Gasteiger partial charge in [0.2, 0.25) is 0 Å². The molecule has 0 radical (unpaired) electrons. The molecule has 0 aliphatic heterocycles. The molecule has 100 valence electrons. The first-order valence-electron chi connectivity index (χ1n) is 5.94. The number of hydrogen-bond donors (Lipinski definition) is 1. The Hall–Kier alpha value is -2.23. The van der Waals surface area contributed by atoms with Crippen LogP contribution in [-0.2, 0) is 6.54 Å². The Labute approximate surface area is 111 Å². The van der Waals surface area contributed by atoms with Gasteiger partial charge >= 0.3 is 0 Å². The number of benzene rings is 2. The Morgan fingerprint density at radius 3 is 2.63 bits per heavy atom. The van der Waals surface area contributed by atoms with Crippen LogP contribution >= 0.6 is 0 Å². The molecule has 0 heterocycles. The molecule has 2 aromatic rings. The van der Waals surface area contributed by atoms with E-state index in [1.54, 1.807) is 19.2 Å². The molecule has 0 fully saturated rings. The zero-order valence-electron chi connectivity index (χ0n) is 10.9. The number of phenols is 1. The number of para-hydroxylation sites is 3. The van der Waals surface area contributed by atoms with Gasteiger partial charge in [-0.25, -0.2) is 4.39 Å². The summed E-state index contributed by atoms with van der Waals surface area (Å²) in [5.74, 6) is -0.170. The lowest BCUT2D eigenvalue weighted by atomic mass is 10.1. The van der Waals surface area contributed by atoms with Crippen molar-refractivity contribution in [2.75, 3.05) is 19.1 Å².